The summed E-state index contributed by atoms with van der Waals surface area (Å²) in [6, 6.07) is 4.93. The SMILES string of the molecule is Cc1c(O)cccc1C(=O)N1CCC(CC(=O)O)CC1. The van der Waals surface area contributed by atoms with Crippen molar-refractivity contribution in [2.24, 2.45) is 5.92 Å². The van der Waals surface area contributed by atoms with Crippen molar-refractivity contribution in [2.75, 3.05) is 13.1 Å². The van der Waals surface area contributed by atoms with Gasteiger partial charge in [0.25, 0.3) is 5.91 Å². The Labute approximate surface area is 117 Å². The Hall–Kier alpha value is -2.04. The lowest BCUT2D eigenvalue weighted by Gasteiger charge is -2.31. The van der Waals surface area contributed by atoms with Gasteiger partial charge in [0, 0.05) is 30.6 Å². The number of carboxylic acids is 1. The molecule has 1 amide bonds. The standard InChI is InChI=1S/C15H19NO4/c1-10-12(3-2-4-13(10)17)15(20)16-7-5-11(6-8-16)9-14(18)19/h2-4,11,17H,5-9H2,1H3,(H,18,19). The van der Waals surface area contributed by atoms with Crippen molar-refractivity contribution in [2.45, 2.75) is 26.2 Å². The lowest BCUT2D eigenvalue weighted by atomic mass is 9.93. The molecule has 5 heteroatoms. The number of carbonyl (C=O) groups excluding carboxylic acids is 1. The minimum Gasteiger partial charge on any atom is -0.508 e. The van der Waals surface area contributed by atoms with Gasteiger partial charge in [-0.3, -0.25) is 9.59 Å². The maximum Gasteiger partial charge on any atom is 0.303 e. The highest BCUT2D eigenvalue weighted by Crippen LogP contribution is 2.25. The summed E-state index contributed by atoms with van der Waals surface area (Å²) in [6.07, 6.45) is 1.61. The molecule has 1 aliphatic rings. The molecule has 0 atom stereocenters. The molecule has 0 bridgehead atoms. The Bertz CT molecular complexity index is 519. The van der Waals surface area contributed by atoms with Crippen LogP contribution in [0, 0.1) is 12.8 Å². The molecular weight excluding hydrogens is 258 g/mol. The summed E-state index contributed by atoms with van der Waals surface area (Å²) in [7, 11) is 0. The normalized spacial score (nSPS) is 16.1. The van der Waals surface area contributed by atoms with Gasteiger partial charge in [0.05, 0.1) is 0 Å². The van der Waals surface area contributed by atoms with Gasteiger partial charge in [0.1, 0.15) is 5.75 Å². The molecule has 1 aliphatic heterocycles. The van der Waals surface area contributed by atoms with E-state index < -0.39 is 5.97 Å². The highest BCUT2D eigenvalue weighted by atomic mass is 16.4. The molecule has 2 N–H and O–H groups in total. The van der Waals surface area contributed by atoms with E-state index in [1.54, 1.807) is 30.0 Å². The van der Waals surface area contributed by atoms with Gasteiger partial charge in [-0.25, -0.2) is 0 Å². The van der Waals surface area contributed by atoms with E-state index in [0.29, 0.717) is 24.2 Å². The first kappa shape index (κ1) is 14.4. The zero-order valence-corrected chi connectivity index (χ0v) is 11.5. The monoisotopic (exact) mass is 277 g/mol. The van der Waals surface area contributed by atoms with E-state index >= 15 is 0 Å². The van der Waals surface area contributed by atoms with E-state index in [0.717, 1.165) is 12.8 Å². The summed E-state index contributed by atoms with van der Waals surface area (Å²) in [6.45, 7) is 2.87. The largest absolute Gasteiger partial charge is 0.508 e. The van der Waals surface area contributed by atoms with E-state index in [9.17, 15) is 14.7 Å². The molecule has 1 heterocycles. The molecule has 0 aromatic heterocycles. The fraction of sp³-hybridized carbons (Fsp3) is 0.467. The van der Waals surface area contributed by atoms with Gasteiger partial charge in [-0.2, -0.15) is 0 Å². The number of likely N-dealkylation sites (tertiary alicyclic amines) is 1. The predicted molar refractivity (Wildman–Crippen MR) is 73.7 cm³/mol. The number of benzene rings is 1. The highest BCUT2D eigenvalue weighted by molar-refractivity contribution is 5.96. The molecule has 0 unspecified atom stereocenters. The van der Waals surface area contributed by atoms with Crippen LogP contribution in [0.3, 0.4) is 0 Å². The van der Waals surface area contributed by atoms with E-state index in [4.69, 9.17) is 5.11 Å². The molecule has 0 aliphatic carbocycles. The molecular formula is C15H19NO4. The lowest BCUT2D eigenvalue weighted by molar-refractivity contribution is -0.138. The van der Waals surface area contributed by atoms with Crippen LogP contribution in [0.2, 0.25) is 0 Å². The quantitative estimate of drug-likeness (QED) is 0.886. The third kappa shape index (κ3) is 3.10. The number of carboxylic acid groups (broad SMARTS) is 1. The topological polar surface area (TPSA) is 77.8 Å². The van der Waals surface area contributed by atoms with Gasteiger partial charge < -0.3 is 15.1 Å². The molecule has 0 radical (unpaired) electrons. The fourth-order valence-electron chi connectivity index (χ4n) is 2.61. The molecule has 0 saturated carbocycles. The summed E-state index contributed by atoms with van der Waals surface area (Å²) in [5.41, 5.74) is 1.10. The van der Waals surface area contributed by atoms with Crippen LogP contribution < -0.4 is 0 Å². The van der Waals surface area contributed by atoms with Gasteiger partial charge in [0.15, 0.2) is 0 Å². The summed E-state index contributed by atoms with van der Waals surface area (Å²) in [4.78, 5) is 24.8. The zero-order valence-electron chi connectivity index (χ0n) is 11.5. The molecule has 1 saturated heterocycles. The van der Waals surface area contributed by atoms with E-state index in [1.165, 1.54) is 0 Å². The minimum absolute atomic E-state index is 0.0906. The first-order valence-corrected chi connectivity index (χ1v) is 6.78. The van der Waals surface area contributed by atoms with Crippen LogP contribution in [0.4, 0.5) is 0 Å². The third-order valence-electron chi connectivity index (χ3n) is 3.90. The smallest absolute Gasteiger partial charge is 0.303 e. The number of aliphatic carboxylic acids is 1. The zero-order chi connectivity index (χ0) is 14.7. The minimum atomic E-state index is -0.779. The number of hydrogen-bond acceptors (Lipinski definition) is 3. The Morgan fingerprint density at radius 2 is 1.95 bits per heavy atom. The van der Waals surface area contributed by atoms with Gasteiger partial charge in [-0.05, 0) is 37.8 Å². The first-order valence-electron chi connectivity index (χ1n) is 6.78. The molecule has 20 heavy (non-hydrogen) atoms. The second kappa shape index (κ2) is 5.94. The lowest BCUT2D eigenvalue weighted by Crippen LogP contribution is -2.39. The molecule has 5 nitrogen and oxygen atoms in total. The molecule has 108 valence electrons. The number of amides is 1. The maximum atomic E-state index is 12.4. The van der Waals surface area contributed by atoms with E-state index in [2.05, 4.69) is 0 Å². The number of hydrogen-bond donors (Lipinski definition) is 2. The van der Waals surface area contributed by atoms with E-state index in [-0.39, 0.29) is 24.0 Å². The molecule has 1 aromatic rings. The Morgan fingerprint density at radius 3 is 2.55 bits per heavy atom. The summed E-state index contributed by atoms with van der Waals surface area (Å²) in [5, 5.41) is 18.4. The Balaban J connectivity index is 2.02. The number of aromatic hydroxyl groups is 1. The number of phenols is 1. The van der Waals surface area contributed by atoms with Crippen LogP contribution in [-0.4, -0.2) is 40.1 Å². The number of phenolic OH excluding ortho intramolecular Hbond substituents is 1. The van der Waals surface area contributed by atoms with Crippen molar-refractivity contribution in [3.8, 4) is 5.75 Å². The predicted octanol–water partition coefficient (Wildman–Crippen LogP) is 2.03. The Morgan fingerprint density at radius 1 is 1.30 bits per heavy atom. The molecule has 1 aromatic carbocycles. The van der Waals surface area contributed by atoms with E-state index in [1.807, 2.05) is 0 Å². The van der Waals surface area contributed by atoms with Crippen molar-refractivity contribution in [1.29, 1.82) is 0 Å². The summed E-state index contributed by atoms with van der Waals surface area (Å²) >= 11 is 0. The van der Waals surface area contributed by atoms with Crippen molar-refractivity contribution in [3.05, 3.63) is 29.3 Å². The van der Waals surface area contributed by atoms with Crippen molar-refractivity contribution in [3.63, 3.8) is 0 Å². The van der Waals surface area contributed by atoms with Crippen LogP contribution in [0.5, 0.6) is 5.75 Å². The van der Waals surface area contributed by atoms with Crippen LogP contribution in [0.25, 0.3) is 0 Å². The average molecular weight is 277 g/mol. The second-order valence-electron chi connectivity index (χ2n) is 5.28. The van der Waals surface area contributed by atoms with Gasteiger partial charge >= 0.3 is 5.97 Å². The van der Waals surface area contributed by atoms with Crippen LogP contribution in [-0.2, 0) is 4.79 Å². The third-order valence-corrected chi connectivity index (χ3v) is 3.90. The van der Waals surface area contributed by atoms with Crippen molar-refractivity contribution in [1.82, 2.24) is 4.90 Å². The Kier molecular flexibility index (Phi) is 4.27. The second-order valence-corrected chi connectivity index (χ2v) is 5.28. The first-order chi connectivity index (χ1) is 9.49. The average Bonchev–Trinajstić information content (AvgIpc) is 2.41. The number of rotatable bonds is 3. The maximum absolute atomic E-state index is 12.4. The summed E-state index contributed by atoms with van der Waals surface area (Å²) in [5.74, 6) is -0.593. The van der Waals surface area contributed by atoms with Crippen molar-refractivity contribution >= 4 is 11.9 Å². The molecule has 0 spiro atoms. The number of nitrogens with zero attached hydrogens (tertiary/aromatic N) is 1. The fourth-order valence-corrected chi connectivity index (χ4v) is 2.61. The highest BCUT2D eigenvalue weighted by Gasteiger charge is 2.26. The van der Waals surface area contributed by atoms with Crippen LogP contribution in [0.1, 0.15) is 35.2 Å². The van der Waals surface area contributed by atoms with Gasteiger partial charge in [0.2, 0.25) is 0 Å². The molecule has 2 rings (SSSR count). The van der Waals surface area contributed by atoms with Gasteiger partial charge in [-0.1, -0.05) is 6.07 Å². The summed E-state index contributed by atoms with van der Waals surface area (Å²) < 4.78 is 0. The van der Waals surface area contributed by atoms with Crippen LogP contribution >= 0.6 is 0 Å². The van der Waals surface area contributed by atoms with Crippen molar-refractivity contribution < 1.29 is 19.8 Å². The number of piperidine rings is 1. The number of carbonyl (C=O) groups is 2. The van der Waals surface area contributed by atoms with Crippen LogP contribution in [0.15, 0.2) is 18.2 Å². The van der Waals surface area contributed by atoms with Gasteiger partial charge in [-0.15, -0.1) is 0 Å². The molecule has 1 fully saturated rings.